The van der Waals surface area contributed by atoms with Crippen molar-refractivity contribution >= 4 is 22.5 Å². The number of aliphatic hydroxyl groups excluding tert-OH is 1. The lowest BCUT2D eigenvalue weighted by atomic mass is 10.1. The van der Waals surface area contributed by atoms with Gasteiger partial charge in [-0.05, 0) is 30.2 Å². The molecule has 0 aliphatic heterocycles. The molecule has 0 aliphatic rings. The van der Waals surface area contributed by atoms with Gasteiger partial charge in [0.15, 0.2) is 0 Å². The van der Waals surface area contributed by atoms with Crippen LogP contribution < -0.4 is 5.32 Å². The Morgan fingerprint density at radius 3 is 3.00 bits per heavy atom. The molecule has 0 unspecified atom stereocenters. The second-order valence-corrected chi connectivity index (χ2v) is 4.90. The number of carbonyl (C=O) groups is 1. The summed E-state index contributed by atoms with van der Waals surface area (Å²) >= 11 is 0. The van der Waals surface area contributed by atoms with Gasteiger partial charge >= 0.3 is 0 Å². The van der Waals surface area contributed by atoms with E-state index in [9.17, 15) is 9.90 Å². The molecule has 0 bridgehead atoms. The Labute approximate surface area is 121 Å². The Morgan fingerprint density at radius 2 is 2.19 bits per heavy atom. The predicted octanol–water partition coefficient (Wildman–Crippen LogP) is 2.62. The Balaban J connectivity index is 1.95. The number of H-pyrrole nitrogens is 1. The Kier molecular flexibility index (Phi) is 3.41. The molecule has 106 valence electrons. The van der Waals surface area contributed by atoms with Crippen LogP contribution in [0.1, 0.15) is 21.5 Å². The van der Waals surface area contributed by atoms with Gasteiger partial charge in [-0.25, -0.2) is 0 Å². The first-order valence-corrected chi connectivity index (χ1v) is 6.63. The van der Waals surface area contributed by atoms with E-state index in [2.05, 4.69) is 15.5 Å². The van der Waals surface area contributed by atoms with E-state index in [0.717, 1.165) is 16.5 Å². The number of rotatable bonds is 3. The highest BCUT2D eigenvalue weighted by Gasteiger charge is 2.12. The van der Waals surface area contributed by atoms with Crippen molar-refractivity contribution in [2.45, 2.75) is 13.5 Å². The highest BCUT2D eigenvalue weighted by atomic mass is 16.3. The van der Waals surface area contributed by atoms with Crippen LogP contribution in [0, 0.1) is 6.92 Å². The second-order valence-electron chi connectivity index (χ2n) is 4.90. The van der Waals surface area contributed by atoms with Crippen LogP contribution in [0.5, 0.6) is 0 Å². The van der Waals surface area contributed by atoms with Crippen molar-refractivity contribution in [2.24, 2.45) is 0 Å². The fourth-order valence-corrected chi connectivity index (χ4v) is 2.25. The smallest absolute Gasteiger partial charge is 0.257 e. The van der Waals surface area contributed by atoms with Crippen molar-refractivity contribution < 1.29 is 9.90 Å². The number of hydrogen-bond donors (Lipinski definition) is 3. The number of nitrogens with zero attached hydrogens (tertiary/aromatic N) is 1. The predicted molar refractivity (Wildman–Crippen MR) is 81.1 cm³/mol. The molecule has 1 heterocycles. The topological polar surface area (TPSA) is 78.0 Å². The quantitative estimate of drug-likeness (QED) is 0.690. The highest BCUT2D eigenvalue weighted by Crippen LogP contribution is 2.20. The van der Waals surface area contributed by atoms with Crippen LogP contribution in [0.25, 0.3) is 10.9 Å². The Hall–Kier alpha value is -2.66. The SMILES string of the molecule is Cc1ccc(CO)cc1NC(=O)c1cccc2cn[nH]c12. The fourth-order valence-electron chi connectivity index (χ4n) is 2.25. The number of hydrogen-bond acceptors (Lipinski definition) is 3. The summed E-state index contributed by atoms with van der Waals surface area (Å²) in [7, 11) is 0. The van der Waals surface area contributed by atoms with Crippen LogP contribution in [0.2, 0.25) is 0 Å². The molecule has 5 nitrogen and oxygen atoms in total. The molecule has 0 spiro atoms. The minimum atomic E-state index is -0.206. The molecule has 3 aromatic rings. The number of benzene rings is 2. The van der Waals surface area contributed by atoms with Gasteiger partial charge in [-0.2, -0.15) is 5.10 Å². The van der Waals surface area contributed by atoms with Crippen molar-refractivity contribution in [3.05, 3.63) is 59.3 Å². The zero-order valence-electron chi connectivity index (χ0n) is 11.6. The molecule has 0 atom stereocenters. The lowest BCUT2D eigenvalue weighted by Crippen LogP contribution is -2.13. The van der Waals surface area contributed by atoms with Crippen LogP contribution >= 0.6 is 0 Å². The highest BCUT2D eigenvalue weighted by molar-refractivity contribution is 6.12. The van der Waals surface area contributed by atoms with Gasteiger partial charge < -0.3 is 10.4 Å². The van der Waals surface area contributed by atoms with Gasteiger partial charge in [0, 0.05) is 11.1 Å². The minimum Gasteiger partial charge on any atom is -0.392 e. The van der Waals surface area contributed by atoms with Crippen LogP contribution in [-0.4, -0.2) is 21.2 Å². The number of anilines is 1. The van der Waals surface area contributed by atoms with E-state index in [4.69, 9.17) is 0 Å². The molecule has 0 aliphatic carbocycles. The molecule has 5 heteroatoms. The van der Waals surface area contributed by atoms with E-state index >= 15 is 0 Å². The number of nitrogens with one attached hydrogen (secondary N) is 2. The van der Waals surface area contributed by atoms with Gasteiger partial charge in [-0.1, -0.05) is 24.3 Å². The second kappa shape index (κ2) is 5.38. The van der Waals surface area contributed by atoms with Gasteiger partial charge in [-0.15, -0.1) is 0 Å². The zero-order valence-corrected chi connectivity index (χ0v) is 11.6. The summed E-state index contributed by atoms with van der Waals surface area (Å²) in [6, 6.07) is 11.0. The van der Waals surface area contributed by atoms with Crippen molar-refractivity contribution in [1.82, 2.24) is 10.2 Å². The molecule has 1 aromatic heterocycles. The molecular formula is C16H15N3O2. The van der Waals surface area contributed by atoms with Gasteiger partial charge in [0.25, 0.3) is 5.91 Å². The number of aromatic amines is 1. The van der Waals surface area contributed by atoms with Gasteiger partial charge in [0.05, 0.1) is 23.9 Å². The average molecular weight is 281 g/mol. The molecule has 0 saturated heterocycles. The van der Waals surface area contributed by atoms with Gasteiger partial charge in [0.2, 0.25) is 0 Å². The monoisotopic (exact) mass is 281 g/mol. The standard InChI is InChI=1S/C16H15N3O2/c1-10-5-6-11(9-20)7-14(10)18-16(21)13-4-2-3-12-8-17-19-15(12)13/h2-8,20H,9H2,1H3,(H,17,19)(H,18,21). The van der Waals surface area contributed by atoms with Crippen LogP contribution in [0.15, 0.2) is 42.6 Å². The van der Waals surface area contributed by atoms with Crippen LogP contribution in [0.4, 0.5) is 5.69 Å². The lowest BCUT2D eigenvalue weighted by Gasteiger charge is -2.10. The number of fused-ring (bicyclic) bond motifs is 1. The molecule has 3 rings (SSSR count). The third kappa shape index (κ3) is 2.51. The third-order valence-electron chi connectivity index (χ3n) is 3.45. The molecule has 21 heavy (non-hydrogen) atoms. The molecule has 0 fully saturated rings. The molecule has 0 saturated carbocycles. The summed E-state index contributed by atoms with van der Waals surface area (Å²) in [4.78, 5) is 12.5. The summed E-state index contributed by atoms with van der Waals surface area (Å²) in [5, 5.41) is 19.8. The number of para-hydroxylation sites is 1. The normalized spacial score (nSPS) is 10.8. The maximum Gasteiger partial charge on any atom is 0.257 e. The Morgan fingerprint density at radius 1 is 1.33 bits per heavy atom. The van der Waals surface area contributed by atoms with Crippen molar-refractivity contribution in [2.75, 3.05) is 5.32 Å². The van der Waals surface area contributed by atoms with E-state index in [1.54, 1.807) is 18.3 Å². The third-order valence-corrected chi connectivity index (χ3v) is 3.45. The summed E-state index contributed by atoms with van der Waals surface area (Å²) in [5.74, 6) is -0.206. The largest absolute Gasteiger partial charge is 0.392 e. The number of amides is 1. The summed E-state index contributed by atoms with van der Waals surface area (Å²) in [6.07, 6.45) is 1.68. The lowest BCUT2D eigenvalue weighted by molar-refractivity contribution is 0.102. The zero-order chi connectivity index (χ0) is 14.8. The summed E-state index contributed by atoms with van der Waals surface area (Å²) in [6.45, 7) is 1.85. The van der Waals surface area contributed by atoms with E-state index in [0.29, 0.717) is 16.8 Å². The minimum absolute atomic E-state index is 0.0563. The summed E-state index contributed by atoms with van der Waals surface area (Å²) in [5.41, 5.74) is 3.65. The van der Waals surface area contributed by atoms with E-state index in [1.807, 2.05) is 31.2 Å². The molecule has 0 radical (unpaired) electrons. The van der Waals surface area contributed by atoms with Gasteiger partial charge in [0.1, 0.15) is 0 Å². The first kappa shape index (κ1) is 13.3. The van der Waals surface area contributed by atoms with Crippen LogP contribution in [-0.2, 0) is 6.61 Å². The summed E-state index contributed by atoms with van der Waals surface area (Å²) < 4.78 is 0. The van der Waals surface area contributed by atoms with Crippen LogP contribution in [0.3, 0.4) is 0 Å². The number of aromatic nitrogens is 2. The maximum absolute atomic E-state index is 12.5. The molecule has 2 aromatic carbocycles. The maximum atomic E-state index is 12.5. The van der Waals surface area contributed by atoms with Crippen molar-refractivity contribution in [1.29, 1.82) is 0 Å². The van der Waals surface area contributed by atoms with E-state index in [1.165, 1.54) is 0 Å². The molecular weight excluding hydrogens is 266 g/mol. The Bertz CT molecular complexity index is 808. The average Bonchev–Trinajstić information content (AvgIpc) is 2.97. The van der Waals surface area contributed by atoms with E-state index in [-0.39, 0.29) is 12.5 Å². The van der Waals surface area contributed by atoms with Gasteiger partial charge in [-0.3, -0.25) is 9.89 Å². The molecule has 3 N–H and O–H groups in total. The van der Waals surface area contributed by atoms with E-state index < -0.39 is 0 Å². The first-order valence-electron chi connectivity index (χ1n) is 6.63. The fraction of sp³-hybridized carbons (Fsp3) is 0.125. The number of aryl methyl sites for hydroxylation is 1. The van der Waals surface area contributed by atoms with Crippen molar-refractivity contribution in [3.63, 3.8) is 0 Å². The number of carbonyl (C=O) groups excluding carboxylic acids is 1. The first-order chi connectivity index (χ1) is 10.2. The molecule has 1 amide bonds. The van der Waals surface area contributed by atoms with Crippen molar-refractivity contribution in [3.8, 4) is 0 Å². The number of aliphatic hydroxyl groups is 1.